The van der Waals surface area contributed by atoms with E-state index in [2.05, 4.69) is 10.3 Å². The first-order valence-electron chi connectivity index (χ1n) is 12.4. The summed E-state index contributed by atoms with van der Waals surface area (Å²) in [6.07, 6.45) is -5.46. The molecule has 0 aliphatic carbocycles. The third kappa shape index (κ3) is 6.42. The molecule has 2 aromatic carbocycles. The lowest BCUT2D eigenvalue weighted by Gasteiger charge is -2.31. The molecule has 0 saturated carbocycles. The molecule has 1 unspecified atom stereocenters. The van der Waals surface area contributed by atoms with E-state index in [1.165, 1.54) is 30.3 Å². The van der Waals surface area contributed by atoms with E-state index < -0.39 is 54.8 Å². The summed E-state index contributed by atoms with van der Waals surface area (Å²) < 4.78 is 69.2. The molecule has 216 valence electrons. The molecule has 2 aromatic rings. The number of carbonyl (C=O) groups is 2. The van der Waals surface area contributed by atoms with Crippen molar-refractivity contribution in [2.24, 2.45) is 4.99 Å². The highest BCUT2D eigenvalue weighted by molar-refractivity contribution is 6.34. The molecule has 40 heavy (non-hydrogen) atoms. The zero-order chi connectivity index (χ0) is 29.5. The molecule has 0 spiro atoms. The summed E-state index contributed by atoms with van der Waals surface area (Å²) in [6.45, 7) is 1.68. The lowest BCUT2D eigenvalue weighted by molar-refractivity contribution is -0.183. The Morgan fingerprint density at radius 2 is 1.82 bits per heavy atom. The first kappa shape index (κ1) is 30.2. The molecule has 1 saturated heterocycles. The molecule has 2 aliphatic heterocycles. The van der Waals surface area contributed by atoms with Crippen molar-refractivity contribution in [3.63, 3.8) is 0 Å². The Morgan fingerprint density at radius 1 is 1.15 bits per heavy atom. The monoisotopic (exact) mass is 605 g/mol. The number of benzene rings is 2. The Morgan fingerprint density at radius 3 is 2.42 bits per heavy atom. The Balaban J connectivity index is 1.45. The Hall–Kier alpha value is -2.76. The molecule has 2 aliphatic rings. The second-order valence-corrected chi connectivity index (χ2v) is 11.0. The fourth-order valence-electron chi connectivity index (χ4n) is 4.82. The largest absolute Gasteiger partial charge is 0.400 e. The minimum Gasteiger partial charge on any atom is -0.338 e. The summed E-state index contributed by atoms with van der Waals surface area (Å²) in [6, 6.07) is 7.37. The second-order valence-electron chi connectivity index (χ2n) is 10.1. The minimum atomic E-state index is -4.64. The van der Waals surface area contributed by atoms with Crippen LogP contribution in [-0.2, 0) is 15.0 Å². The van der Waals surface area contributed by atoms with Crippen molar-refractivity contribution in [3.05, 3.63) is 68.7 Å². The van der Waals surface area contributed by atoms with Gasteiger partial charge in [-0.1, -0.05) is 29.3 Å². The lowest BCUT2D eigenvalue weighted by atomic mass is 9.76. The van der Waals surface area contributed by atoms with E-state index >= 15 is 0 Å². The van der Waals surface area contributed by atoms with Gasteiger partial charge in [0, 0.05) is 40.7 Å². The van der Waals surface area contributed by atoms with Crippen molar-refractivity contribution in [1.29, 1.82) is 0 Å². The van der Waals surface area contributed by atoms with Gasteiger partial charge in [-0.05, 0) is 67.3 Å². The van der Waals surface area contributed by atoms with Crippen LogP contribution in [0.4, 0.5) is 22.0 Å². The van der Waals surface area contributed by atoms with Gasteiger partial charge in [0.2, 0.25) is 5.92 Å². The first-order valence-corrected chi connectivity index (χ1v) is 13.2. The zero-order valence-electron chi connectivity index (χ0n) is 21.5. The van der Waals surface area contributed by atoms with Gasteiger partial charge in [0.05, 0.1) is 6.54 Å². The van der Waals surface area contributed by atoms with Crippen LogP contribution < -0.4 is 5.32 Å². The van der Waals surface area contributed by atoms with Gasteiger partial charge in [0.25, 0.3) is 11.8 Å². The van der Waals surface area contributed by atoms with Gasteiger partial charge in [-0.3, -0.25) is 19.4 Å². The smallest absolute Gasteiger partial charge is 0.338 e. The van der Waals surface area contributed by atoms with Crippen molar-refractivity contribution in [2.45, 2.75) is 56.7 Å². The van der Waals surface area contributed by atoms with Gasteiger partial charge in [0.15, 0.2) is 0 Å². The van der Waals surface area contributed by atoms with Crippen LogP contribution in [0.2, 0.25) is 10.0 Å². The van der Waals surface area contributed by atoms with Crippen molar-refractivity contribution in [2.75, 3.05) is 19.7 Å². The predicted octanol–water partition coefficient (Wildman–Crippen LogP) is 6.30. The number of hydroxylamine groups is 2. The summed E-state index contributed by atoms with van der Waals surface area (Å²) in [5, 5.41) is 3.70. The van der Waals surface area contributed by atoms with Crippen molar-refractivity contribution in [1.82, 2.24) is 10.4 Å². The van der Waals surface area contributed by atoms with Gasteiger partial charge >= 0.3 is 6.18 Å². The van der Waals surface area contributed by atoms with E-state index in [1.54, 1.807) is 13.0 Å². The standard InChI is InChI=1S/C27H26Cl2F5N3O3/c1-15-8-16(21-12-26(14-35-21,27(32,33)34)17-9-18(28)11-19(29)10-17)4-5-20(15)23(38)36-22-13-40-37(24(22)39)7-3-6-25(2,30)31/h4-5,8-11,22H,3,6-7,12-14H2,1-2H3,(H,36,38)/t22-,26?/m1/s1. The van der Waals surface area contributed by atoms with Crippen LogP contribution in [0.5, 0.6) is 0 Å². The fourth-order valence-corrected chi connectivity index (χ4v) is 5.34. The fraction of sp³-hybridized carbons (Fsp3) is 0.444. The molecule has 6 nitrogen and oxygen atoms in total. The maximum Gasteiger partial charge on any atom is 0.400 e. The van der Waals surface area contributed by atoms with Crippen LogP contribution in [0.3, 0.4) is 0 Å². The lowest BCUT2D eigenvalue weighted by Crippen LogP contribution is -2.43. The molecule has 2 amide bonds. The average molecular weight is 606 g/mol. The number of nitrogens with one attached hydrogen (secondary N) is 1. The Kier molecular flexibility index (Phi) is 8.50. The van der Waals surface area contributed by atoms with Crippen LogP contribution in [0.25, 0.3) is 0 Å². The van der Waals surface area contributed by atoms with Gasteiger partial charge in [-0.15, -0.1) is 0 Å². The van der Waals surface area contributed by atoms with Crippen molar-refractivity contribution < 1.29 is 36.4 Å². The molecule has 1 fully saturated rings. The molecule has 1 N–H and O–H groups in total. The van der Waals surface area contributed by atoms with E-state index in [0.29, 0.717) is 11.1 Å². The number of amides is 2. The normalized spacial score (nSPS) is 21.6. The van der Waals surface area contributed by atoms with Gasteiger partial charge in [-0.25, -0.2) is 13.8 Å². The quantitative estimate of drug-likeness (QED) is 0.359. The number of aryl methyl sites for hydroxylation is 1. The highest BCUT2D eigenvalue weighted by atomic mass is 35.5. The molecular weight excluding hydrogens is 580 g/mol. The van der Waals surface area contributed by atoms with E-state index in [9.17, 15) is 31.5 Å². The van der Waals surface area contributed by atoms with Crippen LogP contribution in [0.1, 0.15) is 53.2 Å². The SMILES string of the molecule is Cc1cc(C2=NCC(c3cc(Cl)cc(Cl)c3)(C(F)(F)F)C2)ccc1C(=O)N[C@@H]1CON(CCCC(C)(F)F)C1=O. The maximum atomic E-state index is 14.4. The van der Waals surface area contributed by atoms with Crippen molar-refractivity contribution >= 4 is 40.7 Å². The third-order valence-corrected chi connectivity index (χ3v) is 7.43. The highest BCUT2D eigenvalue weighted by Crippen LogP contribution is 2.48. The average Bonchev–Trinajstić information content (AvgIpc) is 3.43. The molecule has 2 heterocycles. The predicted molar refractivity (Wildman–Crippen MR) is 140 cm³/mol. The summed E-state index contributed by atoms with van der Waals surface area (Å²) >= 11 is 12.0. The first-order chi connectivity index (χ1) is 18.6. The highest BCUT2D eigenvalue weighted by Gasteiger charge is 2.58. The molecule has 4 rings (SSSR count). The summed E-state index contributed by atoms with van der Waals surface area (Å²) in [7, 11) is 0. The van der Waals surface area contributed by atoms with Gasteiger partial charge in [0.1, 0.15) is 18.1 Å². The molecule has 0 radical (unpaired) electrons. The number of rotatable bonds is 8. The number of aliphatic imine (C=N–C) groups is 1. The van der Waals surface area contributed by atoms with Crippen LogP contribution in [-0.4, -0.2) is 60.4 Å². The molecular formula is C27H26Cl2F5N3O3. The number of nitrogens with zero attached hydrogens (tertiary/aromatic N) is 2. The summed E-state index contributed by atoms with van der Waals surface area (Å²) in [5.74, 6) is -3.99. The maximum absolute atomic E-state index is 14.4. The van der Waals surface area contributed by atoms with E-state index in [0.717, 1.165) is 12.0 Å². The summed E-state index contributed by atoms with van der Waals surface area (Å²) in [5.41, 5.74) is -1.07. The van der Waals surface area contributed by atoms with Gasteiger partial charge in [-0.2, -0.15) is 13.2 Å². The zero-order valence-corrected chi connectivity index (χ0v) is 23.1. The Bertz CT molecular complexity index is 1330. The number of hydrogen-bond acceptors (Lipinski definition) is 4. The van der Waals surface area contributed by atoms with Crippen LogP contribution >= 0.6 is 23.2 Å². The topological polar surface area (TPSA) is 71.0 Å². The number of alkyl halides is 5. The molecule has 0 aromatic heterocycles. The minimum absolute atomic E-state index is 0.0281. The second kappa shape index (κ2) is 11.3. The summed E-state index contributed by atoms with van der Waals surface area (Å²) in [4.78, 5) is 34.9. The number of carbonyl (C=O) groups excluding carboxylic acids is 2. The van der Waals surface area contributed by atoms with Gasteiger partial charge < -0.3 is 5.32 Å². The third-order valence-electron chi connectivity index (χ3n) is 6.99. The molecule has 2 atom stereocenters. The molecule has 13 heteroatoms. The number of halogens is 7. The number of hydrogen-bond donors (Lipinski definition) is 1. The van der Waals surface area contributed by atoms with Crippen molar-refractivity contribution in [3.8, 4) is 0 Å². The van der Waals surface area contributed by atoms with E-state index in [1.807, 2.05) is 0 Å². The van der Waals surface area contributed by atoms with Crippen LogP contribution in [0, 0.1) is 6.92 Å². The van der Waals surface area contributed by atoms with Crippen LogP contribution in [0.15, 0.2) is 41.4 Å². The van der Waals surface area contributed by atoms with E-state index in [-0.39, 0.29) is 46.5 Å². The Labute approximate surface area is 237 Å². The van der Waals surface area contributed by atoms with E-state index in [4.69, 9.17) is 28.0 Å². The molecule has 0 bridgehead atoms.